The van der Waals surface area contributed by atoms with Crippen LogP contribution in [0.2, 0.25) is 0 Å². The Labute approximate surface area is 171 Å². The Morgan fingerprint density at radius 2 is 0.840 bits per heavy atom. The number of hydrogen-bond acceptors (Lipinski definition) is 4. The van der Waals surface area contributed by atoms with Gasteiger partial charge in [-0.25, -0.2) is 0 Å². The van der Waals surface area contributed by atoms with Gasteiger partial charge >= 0.3 is 23.1 Å². The van der Waals surface area contributed by atoms with Crippen LogP contribution in [0.1, 0.15) is 117 Å². The van der Waals surface area contributed by atoms with Crippen LogP contribution in [-0.4, -0.2) is 35.0 Å². The molecule has 0 saturated heterocycles. The third kappa shape index (κ3) is 40.0. The molecule has 0 bridgehead atoms. The maximum absolute atomic E-state index is 10.2. The largest absolute Gasteiger partial charge is 2.00 e. The molecule has 0 saturated carbocycles. The van der Waals surface area contributed by atoms with Crippen molar-refractivity contribution in [2.24, 2.45) is 0 Å². The summed E-state index contributed by atoms with van der Waals surface area (Å²) in [5.74, 6) is -1.99. The fourth-order valence-corrected chi connectivity index (χ4v) is 2.64. The Balaban J connectivity index is -0.000000867. The molecule has 144 valence electrons. The van der Waals surface area contributed by atoms with Crippen LogP contribution in [0.5, 0.6) is 0 Å². The summed E-state index contributed by atoms with van der Waals surface area (Å²) < 4.78 is 0. The second-order valence-corrected chi connectivity index (χ2v) is 6.56. The normalized spacial score (nSPS) is 9.68. The molecule has 0 aromatic heterocycles. The first-order chi connectivity index (χ1) is 11.5. The van der Waals surface area contributed by atoms with E-state index in [9.17, 15) is 9.90 Å². The molecule has 25 heavy (non-hydrogen) atoms. The molecule has 0 spiro atoms. The Kier molecular flexibility index (Phi) is 30.6. The van der Waals surface area contributed by atoms with Gasteiger partial charge in [0.1, 0.15) is 0 Å². The van der Waals surface area contributed by atoms with Gasteiger partial charge in [0, 0.05) is 11.9 Å². The zero-order valence-electron chi connectivity index (χ0n) is 16.7. The second-order valence-electron chi connectivity index (χ2n) is 6.56. The first-order valence-corrected chi connectivity index (χ1v) is 9.88. The van der Waals surface area contributed by atoms with Gasteiger partial charge < -0.3 is 19.8 Å². The molecule has 5 heteroatoms. The van der Waals surface area contributed by atoms with Crippen molar-refractivity contribution in [2.75, 3.05) is 0 Å². The zero-order chi connectivity index (χ0) is 18.5. The fourth-order valence-electron chi connectivity index (χ4n) is 2.64. The molecule has 0 fully saturated rings. The summed E-state index contributed by atoms with van der Waals surface area (Å²) in [6, 6.07) is 0. The Morgan fingerprint density at radius 1 is 0.600 bits per heavy atom. The van der Waals surface area contributed by atoms with Crippen LogP contribution in [0.3, 0.4) is 0 Å². The van der Waals surface area contributed by atoms with E-state index in [0.717, 1.165) is 19.8 Å². The molecular weight excluding hydrogens is 329 g/mol. The number of unbranched alkanes of at least 4 members (excludes halogenated alkanes) is 14. The predicted octanol–water partition coefficient (Wildman–Crippen LogP) is 3.37. The van der Waals surface area contributed by atoms with E-state index in [4.69, 9.17) is 9.90 Å². The number of aliphatic carboxylic acids is 2. The molecule has 0 radical (unpaired) electrons. The van der Waals surface area contributed by atoms with Gasteiger partial charge in [0.2, 0.25) is 0 Å². The number of rotatable bonds is 16. The van der Waals surface area contributed by atoms with Crippen molar-refractivity contribution in [1.29, 1.82) is 0 Å². The van der Waals surface area contributed by atoms with Gasteiger partial charge in [-0.1, -0.05) is 96.8 Å². The summed E-state index contributed by atoms with van der Waals surface area (Å²) in [4.78, 5) is 19.1. The van der Waals surface area contributed by atoms with Crippen LogP contribution in [0.25, 0.3) is 0 Å². The van der Waals surface area contributed by atoms with Crippen molar-refractivity contribution in [1.82, 2.24) is 0 Å². The minimum absolute atomic E-state index is 0. The van der Waals surface area contributed by atoms with Gasteiger partial charge in [0.05, 0.1) is 0 Å². The molecule has 0 aromatic rings. The molecule has 0 heterocycles. The first-order valence-electron chi connectivity index (χ1n) is 9.88. The van der Waals surface area contributed by atoms with Gasteiger partial charge in [-0.3, -0.25) is 0 Å². The van der Waals surface area contributed by atoms with E-state index in [2.05, 4.69) is 6.92 Å². The van der Waals surface area contributed by atoms with Crippen LogP contribution in [0.15, 0.2) is 0 Å². The zero-order valence-corrected chi connectivity index (χ0v) is 18.1. The third-order valence-electron chi connectivity index (χ3n) is 3.98. The van der Waals surface area contributed by atoms with Crippen molar-refractivity contribution < 1.29 is 19.8 Å². The molecule has 0 aliphatic carbocycles. The van der Waals surface area contributed by atoms with E-state index in [-0.39, 0.29) is 29.5 Å². The average Bonchev–Trinajstić information content (AvgIpc) is 2.50. The van der Waals surface area contributed by atoms with Gasteiger partial charge in [-0.15, -0.1) is 0 Å². The first kappa shape index (κ1) is 29.5. The SMILES string of the molecule is CC(=O)[O-].CCCCCCCCCCCCCCCCCC(=O)[O-].[Mg+2]. The van der Waals surface area contributed by atoms with E-state index in [0.29, 0.717) is 0 Å². The van der Waals surface area contributed by atoms with Crippen LogP contribution in [-0.2, 0) is 9.59 Å². The molecule has 0 aliphatic heterocycles. The molecule has 0 rings (SSSR count). The van der Waals surface area contributed by atoms with Crippen LogP contribution >= 0.6 is 0 Å². The van der Waals surface area contributed by atoms with Gasteiger partial charge in [0.25, 0.3) is 0 Å². The Hall–Kier alpha value is -0.294. The summed E-state index contributed by atoms with van der Waals surface area (Å²) in [6.45, 7) is 3.24. The number of carboxylic acids is 2. The summed E-state index contributed by atoms with van der Waals surface area (Å²) in [6.07, 6.45) is 19.9. The van der Waals surface area contributed by atoms with Crippen molar-refractivity contribution in [3.05, 3.63) is 0 Å². The molecule has 4 nitrogen and oxygen atoms in total. The smallest absolute Gasteiger partial charge is 0.550 e. The van der Waals surface area contributed by atoms with Gasteiger partial charge in [-0.2, -0.15) is 0 Å². The van der Waals surface area contributed by atoms with E-state index in [1.807, 2.05) is 0 Å². The van der Waals surface area contributed by atoms with Crippen molar-refractivity contribution >= 4 is 35.0 Å². The molecule has 0 aliphatic rings. The standard InChI is InChI=1S/C18H36O2.C2H4O2.Mg/c1-2-3-4-5-6-7-8-9-10-11-12-13-14-15-16-17-18(19)20;1-2(3)4;/h2-17H2,1H3,(H,19,20);1H3,(H,3,4);/q;;+2/p-2. The minimum Gasteiger partial charge on any atom is -0.550 e. The third-order valence-corrected chi connectivity index (χ3v) is 3.98. The molecule has 0 atom stereocenters. The average molecular weight is 367 g/mol. The number of hydrogen-bond donors (Lipinski definition) is 0. The summed E-state index contributed by atoms with van der Waals surface area (Å²) >= 11 is 0. The van der Waals surface area contributed by atoms with Crippen molar-refractivity contribution in [3.63, 3.8) is 0 Å². The molecule has 0 unspecified atom stereocenters. The van der Waals surface area contributed by atoms with Crippen LogP contribution in [0.4, 0.5) is 0 Å². The molecule has 0 N–H and O–H groups in total. The van der Waals surface area contributed by atoms with Gasteiger partial charge in [0.15, 0.2) is 0 Å². The monoisotopic (exact) mass is 366 g/mol. The fraction of sp³-hybridized carbons (Fsp3) is 0.900. The maximum atomic E-state index is 10.2. The van der Waals surface area contributed by atoms with E-state index < -0.39 is 11.9 Å². The van der Waals surface area contributed by atoms with Crippen LogP contribution < -0.4 is 10.2 Å². The molecule has 0 amide bonds. The summed E-state index contributed by atoms with van der Waals surface area (Å²) in [5, 5.41) is 19.1. The van der Waals surface area contributed by atoms with E-state index in [1.165, 1.54) is 83.5 Å². The molecule has 0 aromatic carbocycles. The van der Waals surface area contributed by atoms with E-state index >= 15 is 0 Å². The summed E-state index contributed by atoms with van der Waals surface area (Å²) in [7, 11) is 0. The minimum atomic E-state index is -1.08. The quantitative estimate of drug-likeness (QED) is 0.310. The Bertz CT molecular complexity index is 279. The summed E-state index contributed by atoms with van der Waals surface area (Å²) in [5.41, 5.74) is 0. The van der Waals surface area contributed by atoms with Crippen molar-refractivity contribution in [3.8, 4) is 0 Å². The van der Waals surface area contributed by atoms with E-state index in [1.54, 1.807) is 0 Å². The Morgan fingerprint density at radius 3 is 1.08 bits per heavy atom. The topological polar surface area (TPSA) is 80.3 Å². The predicted molar refractivity (Wildman–Crippen MR) is 101 cm³/mol. The number of carboxylic acid groups (broad SMARTS) is 2. The van der Waals surface area contributed by atoms with Crippen molar-refractivity contribution in [2.45, 2.75) is 117 Å². The maximum Gasteiger partial charge on any atom is 2.00 e. The number of carbonyl (C=O) groups excluding carboxylic acids is 2. The number of carbonyl (C=O) groups is 2. The van der Waals surface area contributed by atoms with Gasteiger partial charge in [-0.05, 0) is 19.8 Å². The second kappa shape index (κ2) is 25.9. The molecular formula is C20H38MgO4. The van der Waals surface area contributed by atoms with Crippen LogP contribution in [0, 0.1) is 0 Å².